The average molecular weight is 252 g/mol. The lowest BCUT2D eigenvalue weighted by atomic mass is 9.96. The summed E-state index contributed by atoms with van der Waals surface area (Å²) in [7, 11) is 0. The number of aromatic nitrogens is 3. The van der Waals surface area contributed by atoms with E-state index in [2.05, 4.69) is 19.7 Å². The molecule has 1 aromatic heterocycles. The SMILES string of the molecule is CC(N)(CCCN1CCn2cnnc2C1)C(N)=O. The Morgan fingerprint density at radius 3 is 3.06 bits per heavy atom. The van der Waals surface area contributed by atoms with Crippen LogP contribution in [-0.2, 0) is 17.9 Å². The first-order valence-electron chi connectivity index (χ1n) is 6.17. The molecule has 0 bridgehead atoms. The van der Waals surface area contributed by atoms with Crippen molar-refractivity contribution < 1.29 is 4.79 Å². The molecule has 1 aliphatic rings. The Hall–Kier alpha value is -1.47. The van der Waals surface area contributed by atoms with E-state index in [0.29, 0.717) is 6.42 Å². The number of hydrogen-bond acceptors (Lipinski definition) is 5. The van der Waals surface area contributed by atoms with Gasteiger partial charge in [-0.3, -0.25) is 9.69 Å². The van der Waals surface area contributed by atoms with E-state index in [0.717, 1.165) is 38.4 Å². The minimum atomic E-state index is -0.907. The molecule has 7 heteroatoms. The number of fused-ring (bicyclic) bond motifs is 1. The molecular weight excluding hydrogens is 232 g/mol. The monoisotopic (exact) mass is 252 g/mol. The summed E-state index contributed by atoms with van der Waals surface area (Å²) >= 11 is 0. The normalized spacial score (nSPS) is 19.2. The van der Waals surface area contributed by atoms with E-state index < -0.39 is 11.4 Å². The van der Waals surface area contributed by atoms with Crippen LogP contribution in [0.5, 0.6) is 0 Å². The highest BCUT2D eigenvalue weighted by molar-refractivity contribution is 5.83. The molecule has 1 amide bonds. The second-order valence-corrected chi connectivity index (χ2v) is 5.10. The minimum Gasteiger partial charge on any atom is -0.368 e. The van der Waals surface area contributed by atoms with Crippen molar-refractivity contribution >= 4 is 5.91 Å². The van der Waals surface area contributed by atoms with Crippen LogP contribution in [0.4, 0.5) is 0 Å². The first-order chi connectivity index (χ1) is 8.49. The fraction of sp³-hybridized carbons (Fsp3) is 0.727. The molecule has 0 saturated carbocycles. The van der Waals surface area contributed by atoms with Gasteiger partial charge in [-0.05, 0) is 26.3 Å². The Morgan fingerprint density at radius 2 is 2.33 bits per heavy atom. The summed E-state index contributed by atoms with van der Waals surface area (Å²) in [6.45, 7) is 5.27. The molecule has 2 rings (SSSR count). The highest BCUT2D eigenvalue weighted by atomic mass is 16.1. The molecule has 18 heavy (non-hydrogen) atoms. The summed E-state index contributed by atoms with van der Waals surface area (Å²) in [5, 5.41) is 7.95. The molecule has 1 aliphatic heterocycles. The molecule has 0 fully saturated rings. The van der Waals surface area contributed by atoms with Crippen molar-refractivity contribution in [1.82, 2.24) is 19.7 Å². The molecule has 1 atom stereocenters. The maximum atomic E-state index is 11.1. The van der Waals surface area contributed by atoms with Crippen molar-refractivity contribution in [2.45, 2.75) is 38.4 Å². The first-order valence-corrected chi connectivity index (χ1v) is 6.17. The summed E-state index contributed by atoms with van der Waals surface area (Å²) in [5.41, 5.74) is 10.1. The zero-order valence-corrected chi connectivity index (χ0v) is 10.7. The van der Waals surface area contributed by atoms with E-state index in [4.69, 9.17) is 11.5 Å². The van der Waals surface area contributed by atoms with Gasteiger partial charge in [-0.2, -0.15) is 0 Å². The Bertz CT molecular complexity index is 427. The number of carbonyl (C=O) groups excluding carboxylic acids is 1. The minimum absolute atomic E-state index is 0.444. The Kier molecular flexibility index (Phi) is 3.63. The van der Waals surface area contributed by atoms with Gasteiger partial charge in [0.15, 0.2) is 0 Å². The quantitative estimate of drug-likeness (QED) is 0.705. The van der Waals surface area contributed by atoms with Crippen LogP contribution in [0.1, 0.15) is 25.6 Å². The van der Waals surface area contributed by atoms with E-state index in [1.54, 1.807) is 13.3 Å². The summed E-state index contributed by atoms with van der Waals surface area (Å²) in [5.74, 6) is 0.549. The van der Waals surface area contributed by atoms with Crippen LogP contribution < -0.4 is 11.5 Å². The largest absolute Gasteiger partial charge is 0.368 e. The summed E-state index contributed by atoms with van der Waals surface area (Å²) < 4.78 is 2.06. The molecule has 1 aromatic rings. The number of primary amides is 1. The number of rotatable bonds is 5. The van der Waals surface area contributed by atoms with Gasteiger partial charge in [-0.15, -0.1) is 10.2 Å². The zero-order chi connectivity index (χ0) is 13.2. The third-order valence-electron chi connectivity index (χ3n) is 3.45. The molecular formula is C11H20N6O. The van der Waals surface area contributed by atoms with Crippen LogP contribution in [0, 0.1) is 0 Å². The summed E-state index contributed by atoms with van der Waals surface area (Å²) in [6, 6.07) is 0. The molecule has 0 aliphatic carbocycles. The van der Waals surface area contributed by atoms with Crippen LogP contribution in [0.15, 0.2) is 6.33 Å². The van der Waals surface area contributed by atoms with Gasteiger partial charge in [0.2, 0.25) is 5.91 Å². The molecule has 7 nitrogen and oxygen atoms in total. The first kappa shape index (κ1) is 13.0. The van der Waals surface area contributed by atoms with Crippen molar-refractivity contribution in [2.75, 3.05) is 13.1 Å². The van der Waals surface area contributed by atoms with Crippen LogP contribution in [0.2, 0.25) is 0 Å². The number of carbonyl (C=O) groups is 1. The molecule has 1 unspecified atom stereocenters. The smallest absolute Gasteiger partial charge is 0.237 e. The van der Waals surface area contributed by atoms with E-state index in [9.17, 15) is 4.79 Å². The number of nitrogens with two attached hydrogens (primary N) is 2. The Morgan fingerprint density at radius 1 is 1.56 bits per heavy atom. The highest BCUT2D eigenvalue weighted by Crippen LogP contribution is 2.13. The van der Waals surface area contributed by atoms with Gasteiger partial charge in [-0.1, -0.05) is 0 Å². The van der Waals surface area contributed by atoms with Crippen molar-refractivity contribution in [1.29, 1.82) is 0 Å². The lowest BCUT2D eigenvalue weighted by molar-refractivity contribution is -0.122. The predicted octanol–water partition coefficient (Wildman–Crippen LogP) is -0.923. The summed E-state index contributed by atoms with van der Waals surface area (Å²) in [6.07, 6.45) is 3.21. The van der Waals surface area contributed by atoms with Gasteiger partial charge in [0.25, 0.3) is 0 Å². The molecule has 0 spiro atoms. The van der Waals surface area contributed by atoms with Gasteiger partial charge in [0.1, 0.15) is 12.2 Å². The predicted molar refractivity (Wildman–Crippen MR) is 66.3 cm³/mol. The Labute approximate surface area is 106 Å². The molecule has 2 heterocycles. The number of nitrogens with zero attached hydrogens (tertiary/aromatic N) is 4. The van der Waals surface area contributed by atoms with Gasteiger partial charge in [0.05, 0.1) is 12.1 Å². The zero-order valence-electron chi connectivity index (χ0n) is 10.7. The number of amides is 1. The fourth-order valence-electron chi connectivity index (χ4n) is 2.10. The lowest BCUT2D eigenvalue weighted by Crippen LogP contribution is -2.49. The van der Waals surface area contributed by atoms with Crippen molar-refractivity contribution in [3.63, 3.8) is 0 Å². The molecule has 4 N–H and O–H groups in total. The van der Waals surface area contributed by atoms with Crippen molar-refractivity contribution in [2.24, 2.45) is 11.5 Å². The van der Waals surface area contributed by atoms with E-state index >= 15 is 0 Å². The highest BCUT2D eigenvalue weighted by Gasteiger charge is 2.25. The van der Waals surface area contributed by atoms with Gasteiger partial charge in [-0.25, -0.2) is 0 Å². The molecule has 100 valence electrons. The molecule has 0 saturated heterocycles. The standard InChI is InChI=1S/C11H20N6O/c1-11(13,10(12)18)3-2-4-16-5-6-17-8-14-15-9(17)7-16/h8H,2-7,13H2,1H3,(H2,12,18). The van der Waals surface area contributed by atoms with Crippen molar-refractivity contribution in [3.05, 3.63) is 12.2 Å². The molecule has 0 aromatic carbocycles. The van der Waals surface area contributed by atoms with Gasteiger partial charge in [0, 0.05) is 13.1 Å². The van der Waals surface area contributed by atoms with Gasteiger partial charge >= 0.3 is 0 Å². The third-order valence-corrected chi connectivity index (χ3v) is 3.45. The van der Waals surface area contributed by atoms with E-state index in [-0.39, 0.29) is 0 Å². The van der Waals surface area contributed by atoms with Crippen LogP contribution in [0.25, 0.3) is 0 Å². The van der Waals surface area contributed by atoms with Crippen LogP contribution >= 0.6 is 0 Å². The summed E-state index contributed by atoms with van der Waals surface area (Å²) in [4.78, 5) is 13.4. The van der Waals surface area contributed by atoms with Crippen molar-refractivity contribution in [3.8, 4) is 0 Å². The fourth-order valence-corrected chi connectivity index (χ4v) is 2.10. The topological polar surface area (TPSA) is 103 Å². The Balaban J connectivity index is 1.78. The van der Waals surface area contributed by atoms with Gasteiger partial charge < -0.3 is 16.0 Å². The van der Waals surface area contributed by atoms with E-state index in [1.165, 1.54) is 0 Å². The lowest BCUT2D eigenvalue weighted by Gasteiger charge is -2.28. The van der Waals surface area contributed by atoms with Crippen LogP contribution in [0.3, 0.4) is 0 Å². The molecule has 0 radical (unpaired) electrons. The second-order valence-electron chi connectivity index (χ2n) is 5.10. The maximum absolute atomic E-state index is 11.1. The second kappa shape index (κ2) is 5.03. The average Bonchev–Trinajstić information content (AvgIpc) is 2.75. The number of hydrogen-bond donors (Lipinski definition) is 2. The third kappa shape index (κ3) is 2.85. The van der Waals surface area contributed by atoms with E-state index in [1.807, 2.05) is 0 Å². The van der Waals surface area contributed by atoms with Crippen LogP contribution in [-0.4, -0.2) is 44.2 Å². The maximum Gasteiger partial charge on any atom is 0.237 e.